The van der Waals surface area contributed by atoms with Gasteiger partial charge in [0.25, 0.3) is 0 Å². The maximum absolute atomic E-state index is 11.6. The maximum Gasteiger partial charge on any atom is 0.327 e. The number of aromatic nitrogens is 3. The molecule has 0 aliphatic rings. The van der Waals surface area contributed by atoms with Crippen molar-refractivity contribution in [1.29, 1.82) is 0 Å². The smallest absolute Gasteiger partial charge is 0.327 e. The zero-order valence-electron chi connectivity index (χ0n) is 8.69. The number of H-pyrrole nitrogens is 1. The molecule has 2 N–H and O–H groups in total. The fourth-order valence-corrected chi connectivity index (χ4v) is 1.52. The fourth-order valence-electron chi connectivity index (χ4n) is 1.52. The molecule has 0 unspecified atom stereocenters. The summed E-state index contributed by atoms with van der Waals surface area (Å²) in [5.41, 5.74) is 0.0819. The number of nitrogens with zero attached hydrogens (tertiary/aromatic N) is 2. The van der Waals surface area contributed by atoms with Crippen LogP contribution in [0.4, 0.5) is 0 Å². The van der Waals surface area contributed by atoms with Crippen LogP contribution in [0.25, 0.3) is 11.2 Å². The van der Waals surface area contributed by atoms with Gasteiger partial charge in [0.15, 0.2) is 5.65 Å². The second kappa shape index (κ2) is 3.20. The number of hydrogen-bond acceptors (Lipinski definition) is 3. The molecule has 0 aliphatic heterocycles. The van der Waals surface area contributed by atoms with Gasteiger partial charge >= 0.3 is 5.69 Å². The van der Waals surface area contributed by atoms with Crippen LogP contribution in [-0.4, -0.2) is 25.2 Å². The van der Waals surface area contributed by atoms with Crippen LogP contribution in [0.5, 0.6) is 0 Å². The van der Waals surface area contributed by atoms with Gasteiger partial charge in [0, 0.05) is 6.20 Å². The molecule has 0 radical (unpaired) electrons. The molecule has 0 amide bonds. The van der Waals surface area contributed by atoms with Gasteiger partial charge in [-0.25, -0.2) is 9.78 Å². The lowest BCUT2D eigenvalue weighted by molar-refractivity contribution is 0.0616. The number of aromatic amines is 1. The molecule has 2 aromatic rings. The second-order valence-corrected chi connectivity index (χ2v) is 4.20. The van der Waals surface area contributed by atoms with Crippen molar-refractivity contribution >= 4 is 11.2 Å². The first kappa shape index (κ1) is 9.92. The van der Waals surface area contributed by atoms with Gasteiger partial charge in [-0.2, -0.15) is 0 Å². The van der Waals surface area contributed by atoms with E-state index in [9.17, 15) is 9.90 Å². The van der Waals surface area contributed by atoms with E-state index in [0.29, 0.717) is 11.2 Å². The highest BCUT2D eigenvalue weighted by atomic mass is 16.3. The molecule has 15 heavy (non-hydrogen) atoms. The molecule has 2 rings (SSSR count). The van der Waals surface area contributed by atoms with Gasteiger partial charge in [0.05, 0.1) is 17.7 Å². The lowest BCUT2D eigenvalue weighted by atomic mass is 10.1. The number of pyridine rings is 1. The number of imidazole rings is 1. The molecule has 2 heterocycles. The number of aliphatic hydroxyl groups is 1. The molecule has 2 aromatic heterocycles. The molecule has 0 fully saturated rings. The van der Waals surface area contributed by atoms with Gasteiger partial charge in [-0.15, -0.1) is 0 Å². The normalized spacial score (nSPS) is 12.2. The van der Waals surface area contributed by atoms with Crippen molar-refractivity contribution in [2.45, 2.75) is 26.0 Å². The minimum atomic E-state index is -0.934. The zero-order valence-corrected chi connectivity index (χ0v) is 8.69. The Morgan fingerprint density at radius 3 is 3.00 bits per heavy atom. The topological polar surface area (TPSA) is 70.9 Å². The maximum atomic E-state index is 11.6. The van der Waals surface area contributed by atoms with Crippen LogP contribution in [0, 0.1) is 0 Å². The highest BCUT2D eigenvalue weighted by Crippen LogP contribution is 2.10. The Kier molecular flexibility index (Phi) is 2.12. The SMILES string of the molecule is CC(C)(O)Cn1c(=O)[nH]c2cccnc21. The van der Waals surface area contributed by atoms with Gasteiger partial charge in [0.2, 0.25) is 0 Å². The molecule has 0 saturated carbocycles. The molecule has 5 nitrogen and oxygen atoms in total. The first-order valence-corrected chi connectivity index (χ1v) is 4.73. The third-order valence-corrected chi connectivity index (χ3v) is 2.07. The highest BCUT2D eigenvalue weighted by molar-refractivity contribution is 5.69. The van der Waals surface area contributed by atoms with E-state index in [1.165, 1.54) is 4.57 Å². The predicted octanol–water partition coefficient (Wildman–Crippen LogP) is 0.495. The Bertz CT molecular complexity index is 533. The zero-order chi connectivity index (χ0) is 11.1. The molecule has 0 aromatic carbocycles. The summed E-state index contributed by atoms with van der Waals surface area (Å²) in [4.78, 5) is 18.4. The summed E-state index contributed by atoms with van der Waals surface area (Å²) in [6.07, 6.45) is 1.62. The van der Waals surface area contributed by atoms with Crippen molar-refractivity contribution in [3.05, 3.63) is 28.8 Å². The van der Waals surface area contributed by atoms with Crippen LogP contribution in [0.1, 0.15) is 13.8 Å². The van der Waals surface area contributed by atoms with Crippen molar-refractivity contribution in [3.63, 3.8) is 0 Å². The highest BCUT2D eigenvalue weighted by Gasteiger charge is 2.17. The fraction of sp³-hybridized carbons (Fsp3) is 0.400. The van der Waals surface area contributed by atoms with Crippen molar-refractivity contribution < 1.29 is 5.11 Å². The monoisotopic (exact) mass is 207 g/mol. The number of fused-ring (bicyclic) bond motifs is 1. The minimum absolute atomic E-state index is 0.225. The van der Waals surface area contributed by atoms with E-state index in [1.807, 2.05) is 0 Å². The second-order valence-electron chi connectivity index (χ2n) is 4.20. The van der Waals surface area contributed by atoms with E-state index in [-0.39, 0.29) is 12.2 Å². The minimum Gasteiger partial charge on any atom is -0.389 e. The lowest BCUT2D eigenvalue weighted by Gasteiger charge is -2.16. The Hall–Kier alpha value is -1.62. The van der Waals surface area contributed by atoms with Gasteiger partial charge in [-0.05, 0) is 26.0 Å². The largest absolute Gasteiger partial charge is 0.389 e. The molecule has 0 spiro atoms. The summed E-state index contributed by atoms with van der Waals surface area (Å²) >= 11 is 0. The van der Waals surface area contributed by atoms with Crippen LogP contribution in [0.3, 0.4) is 0 Å². The molecular weight excluding hydrogens is 194 g/mol. The van der Waals surface area contributed by atoms with Crippen molar-refractivity contribution in [3.8, 4) is 0 Å². The number of rotatable bonds is 2. The molecule has 80 valence electrons. The average Bonchev–Trinajstić information content (AvgIpc) is 2.41. The van der Waals surface area contributed by atoms with Gasteiger partial charge in [0.1, 0.15) is 0 Å². The van der Waals surface area contributed by atoms with Crippen LogP contribution >= 0.6 is 0 Å². The van der Waals surface area contributed by atoms with E-state index in [1.54, 1.807) is 32.2 Å². The van der Waals surface area contributed by atoms with Crippen molar-refractivity contribution in [2.75, 3.05) is 0 Å². The van der Waals surface area contributed by atoms with E-state index in [0.717, 1.165) is 0 Å². The average molecular weight is 207 g/mol. The molecular formula is C10H13N3O2. The Morgan fingerprint density at radius 2 is 2.33 bits per heavy atom. The predicted molar refractivity (Wildman–Crippen MR) is 56.7 cm³/mol. The molecule has 0 atom stereocenters. The summed E-state index contributed by atoms with van der Waals surface area (Å²) in [7, 11) is 0. The van der Waals surface area contributed by atoms with Crippen LogP contribution < -0.4 is 5.69 Å². The Balaban J connectivity index is 2.60. The summed E-state index contributed by atoms with van der Waals surface area (Å²) < 4.78 is 1.44. The third-order valence-electron chi connectivity index (χ3n) is 2.07. The van der Waals surface area contributed by atoms with Gasteiger partial charge in [-0.3, -0.25) is 4.57 Å². The van der Waals surface area contributed by atoms with Crippen molar-refractivity contribution in [2.24, 2.45) is 0 Å². The summed E-state index contributed by atoms with van der Waals surface area (Å²) in [6.45, 7) is 3.53. The third kappa shape index (κ3) is 1.92. The summed E-state index contributed by atoms with van der Waals surface area (Å²) in [6, 6.07) is 3.54. The van der Waals surface area contributed by atoms with E-state index in [2.05, 4.69) is 9.97 Å². The summed E-state index contributed by atoms with van der Waals surface area (Å²) in [5, 5.41) is 9.67. The van der Waals surface area contributed by atoms with E-state index < -0.39 is 5.60 Å². The molecule has 5 heteroatoms. The van der Waals surface area contributed by atoms with E-state index in [4.69, 9.17) is 0 Å². The van der Waals surface area contributed by atoms with Crippen molar-refractivity contribution in [1.82, 2.24) is 14.5 Å². The lowest BCUT2D eigenvalue weighted by Crippen LogP contribution is -2.31. The Labute approximate surface area is 86.4 Å². The van der Waals surface area contributed by atoms with Gasteiger partial charge < -0.3 is 10.1 Å². The molecule has 0 saturated heterocycles. The number of nitrogens with one attached hydrogen (secondary N) is 1. The quantitative estimate of drug-likeness (QED) is 0.753. The first-order chi connectivity index (χ1) is 6.97. The standard InChI is InChI=1S/C10H13N3O2/c1-10(2,15)6-13-8-7(12-9(13)14)4-3-5-11-8/h3-5,15H,6H2,1-2H3,(H,12,14). The van der Waals surface area contributed by atoms with Crippen LogP contribution in [0.2, 0.25) is 0 Å². The number of hydrogen-bond donors (Lipinski definition) is 2. The molecule has 0 aliphatic carbocycles. The molecule has 0 bridgehead atoms. The summed E-state index contributed by atoms with van der Waals surface area (Å²) in [5.74, 6) is 0. The Morgan fingerprint density at radius 1 is 1.60 bits per heavy atom. The first-order valence-electron chi connectivity index (χ1n) is 4.73. The van der Waals surface area contributed by atoms with E-state index >= 15 is 0 Å². The van der Waals surface area contributed by atoms with Crippen LogP contribution in [0.15, 0.2) is 23.1 Å². The van der Waals surface area contributed by atoms with Crippen LogP contribution in [-0.2, 0) is 6.54 Å². The van der Waals surface area contributed by atoms with Gasteiger partial charge in [-0.1, -0.05) is 0 Å².